The Morgan fingerprint density at radius 2 is 1.91 bits per heavy atom. The largest absolute Gasteiger partial charge is 0.496 e. The molecule has 0 fully saturated rings. The van der Waals surface area contributed by atoms with Gasteiger partial charge in [0.25, 0.3) is 0 Å². The van der Waals surface area contributed by atoms with E-state index in [-0.39, 0.29) is 11.0 Å². The molecule has 0 saturated heterocycles. The van der Waals surface area contributed by atoms with Gasteiger partial charge < -0.3 is 14.6 Å². The summed E-state index contributed by atoms with van der Waals surface area (Å²) in [7, 11) is 1.54. The average molecular weight is 314 g/mol. The molecule has 0 aliphatic rings. The number of nitrogens with zero attached hydrogens (tertiary/aromatic N) is 1. The van der Waals surface area contributed by atoms with Crippen molar-refractivity contribution < 1.29 is 13.7 Å². The summed E-state index contributed by atoms with van der Waals surface area (Å²) in [6.45, 7) is 4.89. The molecule has 23 heavy (non-hydrogen) atoms. The van der Waals surface area contributed by atoms with Gasteiger partial charge in [0.05, 0.1) is 7.11 Å². The predicted octanol–water partition coefficient (Wildman–Crippen LogP) is 4.37. The van der Waals surface area contributed by atoms with Gasteiger partial charge in [-0.25, -0.2) is 4.39 Å². The van der Waals surface area contributed by atoms with Gasteiger partial charge in [-0.05, 0) is 17.7 Å². The summed E-state index contributed by atoms with van der Waals surface area (Å²) < 4.78 is 24.3. The second-order valence-electron chi connectivity index (χ2n) is 6.09. The van der Waals surface area contributed by atoms with Crippen LogP contribution < -0.4 is 10.1 Å². The number of hydrogen-bond acceptors (Lipinski definition) is 4. The van der Waals surface area contributed by atoms with Crippen molar-refractivity contribution in [3.63, 3.8) is 0 Å². The SMILES string of the molecule is COc1ccc(F)c2onc(NCC(C)(C)c3ccccc3)c12. The smallest absolute Gasteiger partial charge is 0.208 e. The van der Waals surface area contributed by atoms with E-state index in [1.165, 1.54) is 18.7 Å². The molecule has 5 heteroatoms. The number of fused-ring (bicyclic) bond motifs is 1. The van der Waals surface area contributed by atoms with Gasteiger partial charge in [0.1, 0.15) is 11.1 Å². The number of nitrogens with one attached hydrogen (secondary N) is 1. The monoisotopic (exact) mass is 314 g/mol. The van der Waals surface area contributed by atoms with Crippen LogP contribution >= 0.6 is 0 Å². The van der Waals surface area contributed by atoms with E-state index in [4.69, 9.17) is 9.26 Å². The minimum absolute atomic E-state index is 0.101. The van der Waals surface area contributed by atoms with Crippen LogP contribution in [0.25, 0.3) is 11.0 Å². The van der Waals surface area contributed by atoms with Gasteiger partial charge in [0, 0.05) is 12.0 Å². The number of methoxy groups -OCH3 is 1. The number of hydrogen-bond donors (Lipinski definition) is 1. The van der Waals surface area contributed by atoms with Crippen LogP contribution in [0.4, 0.5) is 10.2 Å². The molecule has 4 nitrogen and oxygen atoms in total. The Morgan fingerprint density at radius 3 is 2.61 bits per heavy atom. The summed E-state index contributed by atoms with van der Waals surface area (Å²) in [5.74, 6) is 0.562. The van der Waals surface area contributed by atoms with E-state index in [9.17, 15) is 4.39 Å². The Labute approximate surface area is 134 Å². The molecule has 0 saturated carbocycles. The average Bonchev–Trinajstić information content (AvgIpc) is 2.99. The molecule has 0 radical (unpaired) electrons. The number of rotatable bonds is 5. The fraction of sp³-hybridized carbons (Fsp3) is 0.278. The molecule has 0 unspecified atom stereocenters. The molecule has 1 N–H and O–H groups in total. The Morgan fingerprint density at radius 1 is 1.17 bits per heavy atom. The van der Waals surface area contributed by atoms with Crippen molar-refractivity contribution in [1.82, 2.24) is 5.16 Å². The fourth-order valence-corrected chi connectivity index (χ4v) is 2.58. The van der Waals surface area contributed by atoms with Gasteiger partial charge in [0.2, 0.25) is 5.58 Å². The van der Waals surface area contributed by atoms with E-state index in [2.05, 4.69) is 36.5 Å². The van der Waals surface area contributed by atoms with Crippen molar-refractivity contribution in [3.8, 4) is 5.75 Å². The topological polar surface area (TPSA) is 47.3 Å². The standard InChI is InChI=1S/C18H19FN2O2/c1-18(2,12-7-5-4-6-8-12)11-20-17-15-14(22-3)10-9-13(19)16(15)23-21-17/h4-10H,11H2,1-3H3,(H,20,21). The molecule has 0 amide bonds. The maximum Gasteiger partial charge on any atom is 0.208 e. The first-order valence-electron chi connectivity index (χ1n) is 7.44. The van der Waals surface area contributed by atoms with Crippen molar-refractivity contribution in [3.05, 3.63) is 53.8 Å². The second kappa shape index (κ2) is 5.91. The third-order valence-corrected chi connectivity index (χ3v) is 4.01. The minimum Gasteiger partial charge on any atom is -0.496 e. The van der Waals surface area contributed by atoms with Crippen LogP contribution in [-0.4, -0.2) is 18.8 Å². The maximum absolute atomic E-state index is 13.8. The van der Waals surface area contributed by atoms with Crippen molar-refractivity contribution in [2.45, 2.75) is 19.3 Å². The molecular formula is C18H19FN2O2. The first kappa shape index (κ1) is 15.3. The molecule has 0 spiro atoms. The van der Waals surface area contributed by atoms with Crippen LogP contribution in [0.1, 0.15) is 19.4 Å². The van der Waals surface area contributed by atoms with Crippen molar-refractivity contribution >= 4 is 16.8 Å². The lowest BCUT2D eigenvalue weighted by atomic mass is 9.84. The highest BCUT2D eigenvalue weighted by Crippen LogP contribution is 2.34. The van der Waals surface area contributed by atoms with E-state index in [1.54, 1.807) is 6.07 Å². The van der Waals surface area contributed by atoms with Crippen LogP contribution in [-0.2, 0) is 5.41 Å². The van der Waals surface area contributed by atoms with Gasteiger partial charge in [-0.15, -0.1) is 0 Å². The van der Waals surface area contributed by atoms with Crippen molar-refractivity contribution in [2.24, 2.45) is 0 Å². The van der Waals surface area contributed by atoms with Gasteiger partial charge >= 0.3 is 0 Å². The van der Waals surface area contributed by atoms with E-state index < -0.39 is 5.82 Å². The molecule has 3 rings (SSSR count). The highest BCUT2D eigenvalue weighted by molar-refractivity contribution is 5.94. The predicted molar refractivity (Wildman–Crippen MR) is 88.5 cm³/mol. The van der Waals surface area contributed by atoms with E-state index in [1.807, 2.05) is 18.2 Å². The Kier molecular flexibility index (Phi) is 3.94. The summed E-state index contributed by atoms with van der Waals surface area (Å²) >= 11 is 0. The summed E-state index contributed by atoms with van der Waals surface area (Å²) in [6.07, 6.45) is 0. The van der Waals surface area contributed by atoms with Gasteiger partial charge in [-0.1, -0.05) is 49.3 Å². The van der Waals surface area contributed by atoms with Gasteiger partial charge in [-0.2, -0.15) is 0 Å². The van der Waals surface area contributed by atoms with Gasteiger partial charge in [-0.3, -0.25) is 0 Å². The third kappa shape index (κ3) is 2.86. The lowest BCUT2D eigenvalue weighted by molar-refractivity contribution is 0.417. The molecule has 3 aromatic rings. The van der Waals surface area contributed by atoms with E-state index in [0.717, 1.165) is 0 Å². The molecule has 1 aromatic heterocycles. The quantitative estimate of drug-likeness (QED) is 0.760. The number of anilines is 1. The fourth-order valence-electron chi connectivity index (χ4n) is 2.58. The van der Waals surface area contributed by atoms with E-state index >= 15 is 0 Å². The number of halogens is 1. The van der Waals surface area contributed by atoms with E-state index in [0.29, 0.717) is 23.5 Å². The molecule has 120 valence electrons. The first-order chi connectivity index (χ1) is 11.0. The van der Waals surface area contributed by atoms with Crippen LogP contribution in [0.3, 0.4) is 0 Å². The Bertz CT molecular complexity index is 813. The molecule has 0 atom stereocenters. The Balaban J connectivity index is 1.89. The number of ether oxygens (including phenoxy) is 1. The molecule has 1 heterocycles. The minimum atomic E-state index is -0.455. The van der Waals surface area contributed by atoms with Crippen LogP contribution in [0.5, 0.6) is 5.75 Å². The summed E-state index contributed by atoms with van der Waals surface area (Å²) in [4.78, 5) is 0. The highest BCUT2D eigenvalue weighted by Gasteiger charge is 2.23. The van der Waals surface area contributed by atoms with Gasteiger partial charge in [0.15, 0.2) is 11.6 Å². The lowest BCUT2D eigenvalue weighted by Crippen LogP contribution is -2.27. The maximum atomic E-state index is 13.8. The number of benzene rings is 2. The summed E-state index contributed by atoms with van der Waals surface area (Å²) in [5, 5.41) is 7.74. The summed E-state index contributed by atoms with van der Waals surface area (Å²) in [6, 6.07) is 13.1. The molecule has 0 aliphatic heterocycles. The lowest BCUT2D eigenvalue weighted by Gasteiger charge is -2.25. The zero-order chi connectivity index (χ0) is 16.4. The van der Waals surface area contributed by atoms with Crippen molar-refractivity contribution in [2.75, 3.05) is 19.0 Å². The molecule has 2 aromatic carbocycles. The Hall–Kier alpha value is -2.56. The molecular weight excluding hydrogens is 295 g/mol. The zero-order valence-electron chi connectivity index (χ0n) is 13.4. The third-order valence-electron chi connectivity index (χ3n) is 4.01. The first-order valence-corrected chi connectivity index (χ1v) is 7.44. The van der Waals surface area contributed by atoms with Crippen LogP contribution in [0.15, 0.2) is 47.0 Å². The normalized spacial score (nSPS) is 11.7. The highest BCUT2D eigenvalue weighted by atomic mass is 19.1. The zero-order valence-corrected chi connectivity index (χ0v) is 13.4. The molecule has 0 aliphatic carbocycles. The van der Waals surface area contributed by atoms with Crippen LogP contribution in [0.2, 0.25) is 0 Å². The van der Waals surface area contributed by atoms with Crippen LogP contribution in [0, 0.1) is 5.82 Å². The molecule has 0 bridgehead atoms. The second-order valence-corrected chi connectivity index (χ2v) is 6.09. The van der Waals surface area contributed by atoms with Crippen molar-refractivity contribution in [1.29, 1.82) is 0 Å². The number of aromatic nitrogens is 1. The summed E-state index contributed by atoms with van der Waals surface area (Å²) in [5.41, 5.74) is 1.19.